The second-order valence-corrected chi connectivity index (χ2v) is 9.85. The van der Waals surface area contributed by atoms with Crippen LogP contribution >= 0.6 is 23.2 Å². The Kier molecular flexibility index (Phi) is 7.86. The maximum absolute atomic E-state index is 13.9. The Morgan fingerprint density at radius 2 is 1.61 bits per heavy atom. The van der Waals surface area contributed by atoms with Crippen LogP contribution in [0.15, 0.2) is 54.6 Å². The highest BCUT2D eigenvalue weighted by atomic mass is 35.5. The van der Waals surface area contributed by atoms with Crippen molar-refractivity contribution in [3.05, 3.63) is 75.8 Å². The average Bonchev–Trinajstić information content (AvgIpc) is 3.13. The fraction of sp³-hybridized carbons (Fsp3) is 0.321. The Morgan fingerprint density at radius 1 is 0.972 bits per heavy atom. The monoisotopic (exact) mass is 525 g/mol. The van der Waals surface area contributed by atoms with Gasteiger partial charge in [-0.05, 0) is 49.4 Å². The minimum Gasteiger partial charge on any atom is -0.352 e. The first-order chi connectivity index (χ1) is 17.3. The van der Waals surface area contributed by atoms with E-state index in [2.05, 4.69) is 5.32 Å². The van der Waals surface area contributed by atoms with E-state index in [0.717, 1.165) is 17.2 Å². The molecular formula is C28H29Cl2N3O3. The van der Waals surface area contributed by atoms with E-state index in [1.807, 2.05) is 51.1 Å². The Balaban J connectivity index is 1.68. The van der Waals surface area contributed by atoms with Crippen LogP contribution in [0, 0.1) is 0 Å². The molecule has 0 fully saturated rings. The van der Waals surface area contributed by atoms with Gasteiger partial charge in [-0.1, -0.05) is 67.4 Å². The van der Waals surface area contributed by atoms with Crippen molar-refractivity contribution in [1.82, 2.24) is 10.2 Å². The summed E-state index contributed by atoms with van der Waals surface area (Å²) < 4.78 is 0. The summed E-state index contributed by atoms with van der Waals surface area (Å²) in [6.45, 7) is 5.59. The number of benzene rings is 3. The number of amides is 3. The second kappa shape index (κ2) is 10.9. The number of anilines is 1. The quantitative estimate of drug-likeness (QED) is 0.382. The van der Waals surface area contributed by atoms with E-state index in [-0.39, 0.29) is 36.9 Å². The highest BCUT2D eigenvalue weighted by molar-refractivity contribution is 6.36. The number of nitrogens with one attached hydrogen (secondary N) is 1. The van der Waals surface area contributed by atoms with Crippen LogP contribution in [-0.4, -0.2) is 41.2 Å². The van der Waals surface area contributed by atoms with E-state index < -0.39 is 6.04 Å². The van der Waals surface area contributed by atoms with Crippen LogP contribution in [0.25, 0.3) is 10.8 Å². The lowest BCUT2D eigenvalue weighted by Crippen LogP contribution is -2.53. The van der Waals surface area contributed by atoms with E-state index in [9.17, 15) is 14.4 Å². The minimum absolute atomic E-state index is 0.0420. The summed E-state index contributed by atoms with van der Waals surface area (Å²) in [6.07, 6.45) is 1.15. The van der Waals surface area contributed by atoms with E-state index in [0.29, 0.717) is 33.3 Å². The van der Waals surface area contributed by atoms with Gasteiger partial charge in [-0.15, -0.1) is 0 Å². The summed E-state index contributed by atoms with van der Waals surface area (Å²) in [5.41, 5.74) is 1.81. The topological polar surface area (TPSA) is 69.7 Å². The molecule has 3 aromatic carbocycles. The number of halogens is 2. The molecule has 8 heteroatoms. The first-order valence-electron chi connectivity index (χ1n) is 12.1. The average molecular weight is 526 g/mol. The number of hydrogen-bond donors (Lipinski definition) is 1. The SMILES string of the molecule is CCC(C)NC(=O)C(CC)N(Cc1c(Cl)cccc1Cl)C(=O)CN1C(=O)c2cccc3cccc1c23. The number of nitrogens with zero attached hydrogens (tertiary/aromatic N) is 2. The third-order valence-corrected chi connectivity index (χ3v) is 7.43. The highest BCUT2D eigenvalue weighted by Gasteiger charge is 2.35. The third kappa shape index (κ3) is 4.93. The molecule has 3 amide bonds. The maximum atomic E-state index is 13.9. The lowest BCUT2D eigenvalue weighted by Gasteiger charge is -2.33. The highest BCUT2D eigenvalue weighted by Crippen LogP contribution is 2.37. The van der Waals surface area contributed by atoms with Gasteiger partial charge >= 0.3 is 0 Å². The van der Waals surface area contributed by atoms with Crippen molar-refractivity contribution in [2.45, 2.75) is 52.2 Å². The van der Waals surface area contributed by atoms with Crippen LogP contribution in [0.2, 0.25) is 10.0 Å². The molecule has 188 valence electrons. The van der Waals surface area contributed by atoms with E-state index >= 15 is 0 Å². The Labute approximate surface area is 221 Å². The smallest absolute Gasteiger partial charge is 0.259 e. The Morgan fingerprint density at radius 3 is 2.25 bits per heavy atom. The Bertz CT molecular complexity index is 1300. The van der Waals surface area contributed by atoms with E-state index in [4.69, 9.17) is 23.2 Å². The molecule has 0 saturated heterocycles. The standard InChI is InChI=1S/C28H29Cl2N3O3/c1-4-17(3)31-27(35)23(5-2)32(15-20-21(29)12-8-13-22(20)30)25(34)16-33-24-14-7-10-18-9-6-11-19(26(18)24)28(33)36/h6-14,17,23H,4-5,15-16H2,1-3H3,(H,31,35). The molecule has 1 heterocycles. The maximum Gasteiger partial charge on any atom is 0.259 e. The lowest BCUT2D eigenvalue weighted by atomic mass is 10.1. The van der Waals surface area contributed by atoms with Crippen molar-refractivity contribution in [2.75, 3.05) is 11.4 Å². The van der Waals surface area contributed by atoms with Gasteiger partial charge in [0.25, 0.3) is 5.91 Å². The van der Waals surface area contributed by atoms with Crippen LogP contribution < -0.4 is 10.2 Å². The molecular weight excluding hydrogens is 497 g/mol. The van der Waals surface area contributed by atoms with Crippen LogP contribution in [0.5, 0.6) is 0 Å². The molecule has 6 nitrogen and oxygen atoms in total. The third-order valence-electron chi connectivity index (χ3n) is 6.72. The molecule has 0 bridgehead atoms. The lowest BCUT2D eigenvalue weighted by molar-refractivity contribution is -0.140. The normalized spacial score (nSPS) is 14.1. The summed E-state index contributed by atoms with van der Waals surface area (Å²) >= 11 is 12.9. The molecule has 2 atom stereocenters. The summed E-state index contributed by atoms with van der Waals surface area (Å²) in [5.74, 6) is -0.847. The molecule has 36 heavy (non-hydrogen) atoms. The van der Waals surface area contributed by atoms with Crippen LogP contribution in [0.1, 0.15) is 49.5 Å². The van der Waals surface area contributed by atoms with Gasteiger partial charge in [-0.2, -0.15) is 0 Å². The molecule has 1 aliphatic rings. The summed E-state index contributed by atoms with van der Waals surface area (Å²) in [4.78, 5) is 43.4. The predicted octanol–water partition coefficient (Wildman–Crippen LogP) is 5.83. The van der Waals surface area contributed by atoms with Crippen molar-refractivity contribution in [3.8, 4) is 0 Å². The second-order valence-electron chi connectivity index (χ2n) is 9.04. The van der Waals surface area contributed by atoms with Crippen molar-refractivity contribution in [2.24, 2.45) is 0 Å². The van der Waals surface area contributed by atoms with Gasteiger partial charge in [0.2, 0.25) is 11.8 Å². The zero-order chi connectivity index (χ0) is 26.0. The summed E-state index contributed by atoms with van der Waals surface area (Å²) in [6, 6.07) is 15.5. The molecule has 1 aliphatic heterocycles. The van der Waals surface area contributed by atoms with Crippen LogP contribution in [-0.2, 0) is 16.1 Å². The number of rotatable bonds is 9. The van der Waals surface area contributed by atoms with Crippen LogP contribution in [0.4, 0.5) is 5.69 Å². The predicted molar refractivity (Wildman–Crippen MR) is 145 cm³/mol. The van der Waals surface area contributed by atoms with Gasteiger partial charge in [0, 0.05) is 39.1 Å². The summed E-state index contributed by atoms with van der Waals surface area (Å²) in [5, 5.41) is 5.57. The van der Waals surface area contributed by atoms with Gasteiger partial charge in [0.1, 0.15) is 12.6 Å². The molecule has 3 aromatic rings. The number of carbonyl (C=O) groups is 3. The van der Waals surface area contributed by atoms with E-state index in [1.165, 1.54) is 9.80 Å². The van der Waals surface area contributed by atoms with Crippen LogP contribution in [0.3, 0.4) is 0 Å². The minimum atomic E-state index is -0.755. The van der Waals surface area contributed by atoms with Gasteiger partial charge in [-0.25, -0.2) is 0 Å². The van der Waals surface area contributed by atoms with Gasteiger partial charge in [-0.3, -0.25) is 19.3 Å². The molecule has 4 rings (SSSR count). The van der Waals surface area contributed by atoms with Crippen molar-refractivity contribution >= 4 is 57.4 Å². The zero-order valence-electron chi connectivity index (χ0n) is 20.6. The molecule has 0 aliphatic carbocycles. The Hall–Kier alpha value is -3.09. The first-order valence-corrected chi connectivity index (χ1v) is 12.9. The number of carbonyl (C=O) groups excluding carboxylic acids is 3. The molecule has 1 N–H and O–H groups in total. The summed E-state index contributed by atoms with van der Waals surface area (Å²) in [7, 11) is 0. The molecule has 0 spiro atoms. The largest absolute Gasteiger partial charge is 0.352 e. The van der Waals surface area contributed by atoms with Crippen molar-refractivity contribution in [3.63, 3.8) is 0 Å². The van der Waals surface area contributed by atoms with Gasteiger partial charge < -0.3 is 10.2 Å². The fourth-order valence-electron chi connectivity index (χ4n) is 4.58. The number of hydrogen-bond acceptors (Lipinski definition) is 3. The fourth-order valence-corrected chi connectivity index (χ4v) is 5.09. The van der Waals surface area contributed by atoms with Gasteiger partial charge in [0.15, 0.2) is 0 Å². The molecule has 0 aromatic heterocycles. The molecule has 2 unspecified atom stereocenters. The first kappa shape index (κ1) is 26.0. The molecule has 0 saturated carbocycles. The van der Waals surface area contributed by atoms with Crippen molar-refractivity contribution in [1.29, 1.82) is 0 Å². The van der Waals surface area contributed by atoms with Gasteiger partial charge in [0.05, 0.1) is 5.69 Å². The zero-order valence-corrected chi connectivity index (χ0v) is 22.1. The van der Waals surface area contributed by atoms with E-state index in [1.54, 1.807) is 24.3 Å². The molecule has 0 radical (unpaired) electrons. The van der Waals surface area contributed by atoms with Crippen molar-refractivity contribution < 1.29 is 14.4 Å².